The van der Waals surface area contributed by atoms with Gasteiger partial charge in [0.2, 0.25) is 0 Å². The van der Waals surface area contributed by atoms with Gasteiger partial charge in [-0.3, -0.25) is 4.68 Å². The van der Waals surface area contributed by atoms with E-state index in [9.17, 15) is 5.11 Å². The Labute approximate surface area is 93.4 Å². The zero-order valence-corrected chi connectivity index (χ0v) is 9.17. The van der Waals surface area contributed by atoms with Crippen LogP contribution < -0.4 is 0 Å². The Morgan fingerprint density at radius 2 is 2.38 bits per heavy atom. The zero-order valence-electron chi connectivity index (χ0n) is 9.17. The van der Waals surface area contributed by atoms with E-state index in [2.05, 4.69) is 27.0 Å². The van der Waals surface area contributed by atoms with Crippen molar-refractivity contribution in [2.45, 2.75) is 32.4 Å². The highest BCUT2D eigenvalue weighted by molar-refractivity contribution is 4.97. The van der Waals surface area contributed by atoms with Crippen molar-refractivity contribution < 1.29 is 5.11 Å². The molecule has 0 spiro atoms. The van der Waals surface area contributed by atoms with Crippen molar-refractivity contribution in [3.05, 3.63) is 30.4 Å². The Kier molecular flexibility index (Phi) is 3.31. The van der Waals surface area contributed by atoms with Crippen molar-refractivity contribution in [3.63, 3.8) is 0 Å². The molecule has 2 aromatic heterocycles. The zero-order chi connectivity index (χ0) is 11.4. The largest absolute Gasteiger partial charge is 0.385 e. The Balaban J connectivity index is 2.06. The predicted octanol–water partition coefficient (Wildman–Crippen LogP) is 0.687. The number of aliphatic hydroxyl groups is 1. The number of aromatic amines is 1. The molecule has 86 valence electrons. The van der Waals surface area contributed by atoms with Gasteiger partial charge >= 0.3 is 0 Å². The smallest absolute Gasteiger partial charge is 0.138 e. The number of hydrogen-bond donors (Lipinski definition) is 2. The molecule has 16 heavy (non-hydrogen) atoms. The maximum Gasteiger partial charge on any atom is 0.138 e. The van der Waals surface area contributed by atoms with Gasteiger partial charge in [0.1, 0.15) is 24.1 Å². The minimum atomic E-state index is -0.658. The van der Waals surface area contributed by atoms with E-state index in [1.807, 2.05) is 4.68 Å². The van der Waals surface area contributed by atoms with Gasteiger partial charge in [0.25, 0.3) is 0 Å². The fraction of sp³-hybridized carbons (Fsp3) is 0.500. The Hall–Kier alpha value is -1.69. The number of aromatic nitrogens is 5. The first-order valence-electron chi connectivity index (χ1n) is 5.35. The third-order valence-electron chi connectivity index (χ3n) is 2.34. The monoisotopic (exact) mass is 221 g/mol. The lowest BCUT2D eigenvalue weighted by Gasteiger charge is -2.08. The molecular formula is C10H15N5O. The first-order chi connectivity index (χ1) is 7.81. The predicted molar refractivity (Wildman–Crippen MR) is 57.6 cm³/mol. The quantitative estimate of drug-likeness (QED) is 0.778. The van der Waals surface area contributed by atoms with Crippen LogP contribution in [0.1, 0.15) is 31.1 Å². The second-order valence-corrected chi connectivity index (χ2v) is 3.59. The molecule has 2 heterocycles. The van der Waals surface area contributed by atoms with E-state index in [0.29, 0.717) is 12.2 Å². The van der Waals surface area contributed by atoms with Crippen LogP contribution in [0.4, 0.5) is 0 Å². The number of rotatable bonds is 5. The number of nitrogens with one attached hydrogen (secondary N) is 1. The summed E-state index contributed by atoms with van der Waals surface area (Å²) in [5.41, 5.74) is 0. The summed E-state index contributed by atoms with van der Waals surface area (Å²) in [6.07, 6.45) is 5.58. The fourth-order valence-electron chi connectivity index (χ4n) is 1.57. The molecule has 2 aromatic rings. The molecule has 6 nitrogen and oxygen atoms in total. The Bertz CT molecular complexity index is 422. The van der Waals surface area contributed by atoms with E-state index in [4.69, 9.17) is 0 Å². The van der Waals surface area contributed by atoms with E-state index in [-0.39, 0.29) is 0 Å². The average Bonchev–Trinajstić information content (AvgIpc) is 2.90. The molecule has 0 aliphatic heterocycles. The highest BCUT2D eigenvalue weighted by atomic mass is 16.3. The molecule has 0 aliphatic rings. The van der Waals surface area contributed by atoms with Gasteiger partial charge in [0.15, 0.2) is 0 Å². The molecule has 6 heteroatoms. The standard InChI is InChI=1S/C10H15N5O/c1-2-5-15-9(13-7-14-15)6-8(16)10-11-3-4-12-10/h3-4,7-8,16H,2,5-6H2,1H3,(H,11,12). The molecule has 2 N–H and O–H groups in total. The van der Waals surface area contributed by atoms with Crippen molar-refractivity contribution in [2.75, 3.05) is 0 Å². The highest BCUT2D eigenvalue weighted by Crippen LogP contribution is 2.12. The van der Waals surface area contributed by atoms with Crippen LogP contribution in [-0.2, 0) is 13.0 Å². The van der Waals surface area contributed by atoms with Crippen molar-refractivity contribution in [1.82, 2.24) is 24.7 Å². The topological polar surface area (TPSA) is 79.6 Å². The first kappa shape index (κ1) is 10.8. The van der Waals surface area contributed by atoms with Crippen molar-refractivity contribution >= 4 is 0 Å². The minimum Gasteiger partial charge on any atom is -0.385 e. The van der Waals surface area contributed by atoms with Gasteiger partial charge in [-0.15, -0.1) is 0 Å². The minimum absolute atomic E-state index is 0.424. The fourth-order valence-corrected chi connectivity index (χ4v) is 1.57. The average molecular weight is 221 g/mol. The van der Waals surface area contributed by atoms with Crippen LogP contribution in [-0.4, -0.2) is 29.8 Å². The van der Waals surface area contributed by atoms with E-state index in [0.717, 1.165) is 18.8 Å². The third kappa shape index (κ3) is 2.27. The molecule has 0 aliphatic carbocycles. The molecule has 0 aromatic carbocycles. The maximum absolute atomic E-state index is 9.90. The van der Waals surface area contributed by atoms with Crippen LogP contribution in [0.2, 0.25) is 0 Å². The molecule has 0 saturated heterocycles. The highest BCUT2D eigenvalue weighted by Gasteiger charge is 2.14. The molecule has 1 atom stereocenters. The number of nitrogens with zero attached hydrogens (tertiary/aromatic N) is 4. The summed E-state index contributed by atoms with van der Waals surface area (Å²) in [6, 6.07) is 0. The van der Waals surface area contributed by atoms with Crippen molar-refractivity contribution in [2.24, 2.45) is 0 Å². The van der Waals surface area contributed by atoms with Crippen LogP contribution in [0.3, 0.4) is 0 Å². The van der Waals surface area contributed by atoms with Crippen LogP contribution in [0.15, 0.2) is 18.7 Å². The number of aliphatic hydroxyl groups excluding tert-OH is 1. The molecule has 0 amide bonds. The number of aryl methyl sites for hydroxylation is 1. The van der Waals surface area contributed by atoms with Crippen LogP contribution in [0.25, 0.3) is 0 Å². The van der Waals surface area contributed by atoms with Gasteiger partial charge in [0, 0.05) is 25.4 Å². The summed E-state index contributed by atoms with van der Waals surface area (Å²) in [7, 11) is 0. The van der Waals surface area contributed by atoms with Crippen molar-refractivity contribution in [1.29, 1.82) is 0 Å². The van der Waals surface area contributed by atoms with Gasteiger partial charge in [-0.05, 0) is 6.42 Å². The molecule has 0 radical (unpaired) electrons. The molecule has 0 saturated carbocycles. The van der Waals surface area contributed by atoms with Crippen LogP contribution in [0.5, 0.6) is 0 Å². The summed E-state index contributed by atoms with van der Waals surface area (Å²) < 4.78 is 1.81. The van der Waals surface area contributed by atoms with Crippen molar-refractivity contribution in [3.8, 4) is 0 Å². The molecule has 0 bridgehead atoms. The molecular weight excluding hydrogens is 206 g/mol. The first-order valence-corrected chi connectivity index (χ1v) is 5.35. The maximum atomic E-state index is 9.90. The van der Waals surface area contributed by atoms with Gasteiger partial charge < -0.3 is 10.1 Å². The Morgan fingerprint density at radius 3 is 3.06 bits per heavy atom. The van der Waals surface area contributed by atoms with E-state index < -0.39 is 6.10 Å². The summed E-state index contributed by atoms with van der Waals surface area (Å²) in [5, 5.41) is 14.0. The molecule has 0 fully saturated rings. The lowest BCUT2D eigenvalue weighted by molar-refractivity contribution is 0.165. The molecule has 1 unspecified atom stereocenters. The van der Waals surface area contributed by atoms with Gasteiger partial charge in [0.05, 0.1) is 0 Å². The number of imidazole rings is 1. The second-order valence-electron chi connectivity index (χ2n) is 3.59. The van der Waals surface area contributed by atoms with E-state index >= 15 is 0 Å². The SMILES string of the molecule is CCCn1ncnc1CC(O)c1ncc[nH]1. The Morgan fingerprint density at radius 1 is 1.50 bits per heavy atom. The summed E-state index contributed by atoms with van der Waals surface area (Å²) in [6.45, 7) is 2.90. The van der Waals surface area contributed by atoms with Gasteiger partial charge in [-0.1, -0.05) is 6.92 Å². The van der Waals surface area contributed by atoms with E-state index in [1.54, 1.807) is 12.4 Å². The third-order valence-corrected chi connectivity index (χ3v) is 2.34. The van der Waals surface area contributed by atoms with Crippen LogP contribution >= 0.6 is 0 Å². The molecule has 2 rings (SSSR count). The lowest BCUT2D eigenvalue weighted by Crippen LogP contribution is -2.11. The number of H-pyrrole nitrogens is 1. The summed E-state index contributed by atoms with van der Waals surface area (Å²) in [4.78, 5) is 11.0. The number of hydrogen-bond acceptors (Lipinski definition) is 4. The second kappa shape index (κ2) is 4.89. The van der Waals surface area contributed by atoms with E-state index in [1.165, 1.54) is 6.33 Å². The lowest BCUT2D eigenvalue weighted by atomic mass is 10.2. The van der Waals surface area contributed by atoms with Gasteiger partial charge in [-0.25, -0.2) is 9.97 Å². The van der Waals surface area contributed by atoms with Crippen LogP contribution in [0, 0.1) is 0 Å². The van der Waals surface area contributed by atoms with Gasteiger partial charge in [-0.2, -0.15) is 5.10 Å². The summed E-state index contributed by atoms with van der Waals surface area (Å²) >= 11 is 0. The summed E-state index contributed by atoms with van der Waals surface area (Å²) in [5.74, 6) is 1.34. The normalized spacial score (nSPS) is 12.9.